The molecule has 2 N–H and O–H groups in total. The molecular weight excluding hydrogens is 458 g/mol. The second-order valence-electron chi connectivity index (χ2n) is 8.09. The van der Waals surface area contributed by atoms with Crippen LogP contribution in [-0.4, -0.2) is 44.2 Å². The molecule has 2 saturated heterocycles. The Bertz CT molecular complexity index is 937. The fourth-order valence-corrected chi connectivity index (χ4v) is 4.55. The lowest BCUT2D eigenvalue weighted by molar-refractivity contribution is 0.0858. The number of anilines is 2. The number of amides is 2. The Hall–Kier alpha value is -2.38. The summed E-state index contributed by atoms with van der Waals surface area (Å²) < 4.78 is 6.48. The van der Waals surface area contributed by atoms with Gasteiger partial charge >= 0.3 is 0 Å². The van der Waals surface area contributed by atoms with E-state index in [9.17, 15) is 9.59 Å². The van der Waals surface area contributed by atoms with Gasteiger partial charge in [0.25, 0.3) is 11.8 Å². The number of piperidine rings is 1. The molecule has 0 bridgehead atoms. The second-order valence-corrected chi connectivity index (χ2v) is 9.00. The lowest BCUT2D eigenvalue weighted by Crippen LogP contribution is -2.35. The van der Waals surface area contributed by atoms with Crippen molar-refractivity contribution in [1.29, 1.82) is 0 Å². The van der Waals surface area contributed by atoms with Crippen LogP contribution in [0.1, 0.15) is 52.8 Å². The molecular formula is C24H28BrN3O3. The van der Waals surface area contributed by atoms with Crippen LogP contribution in [-0.2, 0) is 4.74 Å². The minimum atomic E-state index is -0.210. The zero-order valence-electron chi connectivity index (χ0n) is 17.5. The average molecular weight is 486 g/mol. The fraction of sp³-hybridized carbons (Fsp3) is 0.417. The number of hydrogen-bond acceptors (Lipinski definition) is 4. The first kappa shape index (κ1) is 21.8. The van der Waals surface area contributed by atoms with Crippen LogP contribution in [0.15, 0.2) is 46.9 Å². The summed E-state index contributed by atoms with van der Waals surface area (Å²) in [5, 5.41) is 5.96. The van der Waals surface area contributed by atoms with Crippen LogP contribution in [0.3, 0.4) is 0 Å². The summed E-state index contributed by atoms with van der Waals surface area (Å²) in [6.07, 6.45) is 5.56. The van der Waals surface area contributed by atoms with Crippen LogP contribution in [0.2, 0.25) is 0 Å². The second kappa shape index (κ2) is 10.3. The van der Waals surface area contributed by atoms with Gasteiger partial charge in [-0.05, 0) is 68.5 Å². The highest BCUT2D eigenvalue weighted by atomic mass is 79.9. The first-order chi connectivity index (χ1) is 15.1. The van der Waals surface area contributed by atoms with Gasteiger partial charge in [0.15, 0.2) is 0 Å². The van der Waals surface area contributed by atoms with Crippen molar-refractivity contribution in [3.63, 3.8) is 0 Å². The Morgan fingerprint density at radius 2 is 1.87 bits per heavy atom. The molecule has 2 heterocycles. The van der Waals surface area contributed by atoms with E-state index in [0.717, 1.165) is 55.5 Å². The van der Waals surface area contributed by atoms with Crippen molar-refractivity contribution in [2.75, 3.05) is 36.5 Å². The highest BCUT2D eigenvalue weighted by Crippen LogP contribution is 2.28. The molecule has 2 aromatic rings. The van der Waals surface area contributed by atoms with Crippen molar-refractivity contribution < 1.29 is 14.3 Å². The van der Waals surface area contributed by atoms with Gasteiger partial charge in [-0.15, -0.1) is 0 Å². The highest BCUT2D eigenvalue weighted by molar-refractivity contribution is 9.10. The van der Waals surface area contributed by atoms with E-state index < -0.39 is 0 Å². The lowest BCUT2D eigenvalue weighted by Gasteiger charge is -2.30. The van der Waals surface area contributed by atoms with Gasteiger partial charge < -0.3 is 20.3 Å². The molecule has 7 heteroatoms. The third kappa shape index (κ3) is 5.66. The number of hydrogen-bond donors (Lipinski definition) is 2. The minimum Gasteiger partial charge on any atom is -0.376 e. The fourth-order valence-electron chi connectivity index (χ4n) is 4.15. The van der Waals surface area contributed by atoms with Gasteiger partial charge in [0.1, 0.15) is 0 Å². The Morgan fingerprint density at radius 3 is 2.61 bits per heavy atom. The van der Waals surface area contributed by atoms with Crippen molar-refractivity contribution in [2.24, 2.45) is 0 Å². The molecule has 6 nitrogen and oxygen atoms in total. The first-order valence-electron chi connectivity index (χ1n) is 11.0. The number of rotatable bonds is 6. The van der Waals surface area contributed by atoms with Gasteiger partial charge in [0.2, 0.25) is 0 Å². The van der Waals surface area contributed by atoms with Crippen molar-refractivity contribution in [2.45, 2.75) is 38.2 Å². The maximum Gasteiger partial charge on any atom is 0.255 e. The molecule has 2 aliphatic heterocycles. The molecule has 4 rings (SSSR count). The summed E-state index contributed by atoms with van der Waals surface area (Å²) in [7, 11) is 0. The number of nitrogens with one attached hydrogen (secondary N) is 2. The Labute approximate surface area is 191 Å². The summed E-state index contributed by atoms with van der Waals surface area (Å²) in [6, 6.07) is 12.8. The van der Waals surface area contributed by atoms with E-state index in [2.05, 4.69) is 31.5 Å². The van der Waals surface area contributed by atoms with E-state index in [-0.39, 0.29) is 17.9 Å². The minimum absolute atomic E-state index is 0.0850. The third-order valence-electron chi connectivity index (χ3n) is 5.80. The molecule has 31 heavy (non-hydrogen) atoms. The number of halogens is 1. The molecule has 0 saturated carbocycles. The SMILES string of the molecule is O=C(Nc1ccc(N2CCCCC2)c(C(=O)NCC2CCCO2)c1)c1cccc(Br)c1. The van der Waals surface area contributed by atoms with Crippen molar-refractivity contribution in [1.82, 2.24) is 5.32 Å². The van der Waals surface area contributed by atoms with Gasteiger partial charge in [0, 0.05) is 47.7 Å². The summed E-state index contributed by atoms with van der Waals surface area (Å²) in [4.78, 5) is 28.0. The number of benzene rings is 2. The maximum atomic E-state index is 13.1. The topological polar surface area (TPSA) is 70.7 Å². The molecule has 2 aliphatic rings. The van der Waals surface area contributed by atoms with E-state index in [1.54, 1.807) is 18.2 Å². The van der Waals surface area contributed by atoms with Gasteiger partial charge in [-0.3, -0.25) is 9.59 Å². The van der Waals surface area contributed by atoms with E-state index in [1.165, 1.54) is 6.42 Å². The molecule has 0 aromatic heterocycles. The van der Waals surface area contributed by atoms with E-state index >= 15 is 0 Å². The Balaban J connectivity index is 1.54. The van der Waals surface area contributed by atoms with Crippen molar-refractivity contribution in [3.8, 4) is 0 Å². The summed E-state index contributed by atoms with van der Waals surface area (Å²) in [5.74, 6) is -0.340. The highest BCUT2D eigenvalue weighted by Gasteiger charge is 2.22. The van der Waals surface area contributed by atoms with Crippen LogP contribution in [0.5, 0.6) is 0 Å². The molecule has 1 atom stereocenters. The number of carbonyl (C=O) groups is 2. The number of ether oxygens (including phenoxy) is 1. The van der Waals surface area contributed by atoms with Crippen LogP contribution in [0.25, 0.3) is 0 Å². The molecule has 2 aromatic carbocycles. The Kier molecular flexibility index (Phi) is 7.25. The molecule has 2 amide bonds. The van der Waals surface area contributed by atoms with Gasteiger partial charge in [-0.25, -0.2) is 0 Å². The monoisotopic (exact) mass is 485 g/mol. The summed E-state index contributed by atoms with van der Waals surface area (Å²) >= 11 is 3.40. The van der Waals surface area contributed by atoms with E-state index in [1.807, 2.05) is 24.3 Å². The predicted molar refractivity (Wildman–Crippen MR) is 126 cm³/mol. The molecule has 164 valence electrons. The molecule has 1 unspecified atom stereocenters. The number of nitrogens with zero attached hydrogens (tertiary/aromatic N) is 1. The summed E-state index contributed by atoms with van der Waals surface area (Å²) in [6.45, 7) is 3.15. The van der Waals surface area contributed by atoms with Gasteiger partial charge in [-0.1, -0.05) is 22.0 Å². The van der Waals surface area contributed by atoms with Crippen molar-refractivity contribution >= 4 is 39.1 Å². The van der Waals surface area contributed by atoms with E-state index in [4.69, 9.17) is 4.74 Å². The smallest absolute Gasteiger partial charge is 0.255 e. The maximum absolute atomic E-state index is 13.1. The van der Waals surface area contributed by atoms with Gasteiger partial charge in [0.05, 0.1) is 11.7 Å². The van der Waals surface area contributed by atoms with Gasteiger partial charge in [-0.2, -0.15) is 0 Å². The first-order valence-corrected chi connectivity index (χ1v) is 11.8. The third-order valence-corrected chi connectivity index (χ3v) is 6.29. The Morgan fingerprint density at radius 1 is 1.03 bits per heavy atom. The number of carbonyl (C=O) groups excluding carboxylic acids is 2. The normalized spacial score (nSPS) is 18.6. The van der Waals surface area contributed by atoms with Crippen LogP contribution >= 0.6 is 15.9 Å². The molecule has 0 spiro atoms. The molecule has 0 aliphatic carbocycles. The predicted octanol–water partition coefficient (Wildman–Crippen LogP) is 4.60. The average Bonchev–Trinajstić information content (AvgIpc) is 3.32. The van der Waals surface area contributed by atoms with Crippen LogP contribution in [0.4, 0.5) is 11.4 Å². The molecule has 0 radical (unpaired) electrons. The lowest BCUT2D eigenvalue weighted by atomic mass is 10.1. The zero-order valence-corrected chi connectivity index (χ0v) is 19.1. The quantitative estimate of drug-likeness (QED) is 0.626. The van der Waals surface area contributed by atoms with E-state index in [0.29, 0.717) is 23.4 Å². The molecule has 2 fully saturated rings. The van der Waals surface area contributed by atoms with Crippen LogP contribution in [0, 0.1) is 0 Å². The summed E-state index contributed by atoms with van der Waals surface area (Å²) in [5.41, 5.74) is 2.67. The van der Waals surface area contributed by atoms with Crippen molar-refractivity contribution in [3.05, 3.63) is 58.1 Å². The van der Waals surface area contributed by atoms with Crippen LogP contribution < -0.4 is 15.5 Å². The zero-order chi connectivity index (χ0) is 21.6. The largest absolute Gasteiger partial charge is 0.376 e. The standard InChI is InChI=1S/C24H28BrN3O3/c25-18-7-4-6-17(14-18)23(29)27-19-9-10-22(28-11-2-1-3-12-28)21(15-19)24(30)26-16-20-8-5-13-31-20/h4,6-7,9-10,14-15,20H,1-3,5,8,11-13,16H2,(H,26,30)(H,27,29).